The van der Waals surface area contributed by atoms with Crippen molar-refractivity contribution >= 4 is 0 Å². The molecule has 2 aliphatic rings. The first-order chi connectivity index (χ1) is 4.88. The number of hydrogen-bond acceptors (Lipinski definition) is 4. The molecule has 2 atom stereocenters. The molecule has 2 rings (SSSR count). The number of nitrogens with two attached hydrogens (primary N) is 1. The van der Waals surface area contributed by atoms with E-state index in [1.807, 2.05) is 18.2 Å². The Labute approximate surface area is 58.5 Å². The van der Waals surface area contributed by atoms with Gasteiger partial charge in [0, 0.05) is 5.70 Å². The van der Waals surface area contributed by atoms with Gasteiger partial charge in [0.15, 0.2) is 0 Å². The molecule has 1 heterocycles. The molecule has 0 bridgehead atoms. The predicted molar refractivity (Wildman–Crippen MR) is 37.0 cm³/mol. The zero-order valence-electron chi connectivity index (χ0n) is 5.36. The lowest BCUT2D eigenvalue weighted by Crippen LogP contribution is -2.33. The molecule has 0 aromatic carbocycles. The van der Waals surface area contributed by atoms with Crippen LogP contribution in [0.1, 0.15) is 0 Å². The number of hydrogen-bond donors (Lipinski definition) is 2. The average molecular weight is 136 g/mol. The molecule has 0 amide bonds. The SMILES string of the molecule is NC1=CC=C[C@@H]2NN=N[C@@H]12. The smallest absolute Gasteiger partial charge is 0.137 e. The minimum Gasteiger partial charge on any atom is -0.400 e. The highest BCUT2D eigenvalue weighted by atomic mass is 15.5. The molecule has 3 N–H and O–H groups in total. The van der Waals surface area contributed by atoms with Crippen LogP contribution in [0.5, 0.6) is 0 Å². The van der Waals surface area contributed by atoms with E-state index in [9.17, 15) is 0 Å². The molecule has 52 valence electrons. The lowest BCUT2D eigenvalue weighted by molar-refractivity contribution is 0.635. The molecule has 0 saturated heterocycles. The zero-order chi connectivity index (χ0) is 6.97. The van der Waals surface area contributed by atoms with Crippen LogP contribution >= 0.6 is 0 Å². The van der Waals surface area contributed by atoms with Gasteiger partial charge in [-0.3, -0.25) is 5.43 Å². The molecule has 4 nitrogen and oxygen atoms in total. The fraction of sp³-hybridized carbons (Fsp3) is 0.333. The maximum atomic E-state index is 5.64. The fourth-order valence-corrected chi connectivity index (χ4v) is 1.11. The monoisotopic (exact) mass is 136 g/mol. The Hall–Kier alpha value is -1.32. The van der Waals surface area contributed by atoms with Gasteiger partial charge in [0.25, 0.3) is 0 Å². The number of allylic oxidation sites excluding steroid dienone is 2. The van der Waals surface area contributed by atoms with Gasteiger partial charge >= 0.3 is 0 Å². The van der Waals surface area contributed by atoms with E-state index in [2.05, 4.69) is 15.8 Å². The molecule has 0 aromatic heterocycles. The molecule has 0 spiro atoms. The van der Waals surface area contributed by atoms with Crippen molar-refractivity contribution in [1.82, 2.24) is 5.43 Å². The van der Waals surface area contributed by atoms with Crippen LogP contribution in [0, 0.1) is 0 Å². The standard InChI is InChI=1S/C6H8N4/c7-4-2-1-3-5-6(4)9-10-8-5/h1-3,5-6H,7H2,(H,8,9)/t5-,6-/m0/s1. The topological polar surface area (TPSA) is 62.8 Å². The van der Waals surface area contributed by atoms with Crippen LogP contribution in [0.15, 0.2) is 34.3 Å². The Morgan fingerprint density at radius 3 is 3.30 bits per heavy atom. The second-order valence-electron chi connectivity index (χ2n) is 2.37. The summed E-state index contributed by atoms with van der Waals surface area (Å²) in [7, 11) is 0. The van der Waals surface area contributed by atoms with E-state index < -0.39 is 0 Å². The van der Waals surface area contributed by atoms with Crippen molar-refractivity contribution in [3.63, 3.8) is 0 Å². The van der Waals surface area contributed by atoms with E-state index in [1.165, 1.54) is 0 Å². The van der Waals surface area contributed by atoms with Gasteiger partial charge in [-0.05, 0) is 6.08 Å². The zero-order valence-corrected chi connectivity index (χ0v) is 5.36. The van der Waals surface area contributed by atoms with Crippen molar-refractivity contribution in [1.29, 1.82) is 0 Å². The van der Waals surface area contributed by atoms with Gasteiger partial charge in [-0.2, -0.15) is 5.11 Å². The first-order valence-corrected chi connectivity index (χ1v) is 3.17. The van der Waals surface area contributed by atoms with E-state index in [0.717, 1.165) is 5.70 Å². The summed E-state index contributed by atoms with van der Waals surface area (Å²) in [5.41, 5.74) is 9.25. The molecule has 1 aliphatic carbocycles. The van der Waals surface area contributed by atoms with Gasteiger partial charge in [0.05, 0.1) is 6.04 Å². The van der Waals surface area contributed by atoms with Crippen LogP contribution in [-0.2, 0) is 0 Å². The summed E-state index contributed by atoms with van der Waals surface area (Å²) in [6.45, 7) is 0. The Morgan fingerprint density at radius 2 is 2.50 bits per heavy atom. The highest BCUT2D eigenvalue weighted by Gasteiger charge is 2.26. The van der Waals surface area contributed by atoms with Crippen LogP contribution in [0.2, 0.25) is 0 Å². The molecule has 0 radical (unpaired) electrons. The largest absolute Gasteiger partial charge is 0.400 e. The van der Waals surface area contributed by atoms with E-state index in [-0.39, 0.29) is 12.1 Å². The van der Waals surface area contributed by atoms with Crippen LogP contribution in [0.3, 0.4) is 0 Å². The van der Waals surface area contributed by atoms with Gasteiger partial charge < -0.3 is 5.73 Å². The average Bonchev–Trinajstić information content (AvgIpc) is 2.36. The summed E-state index contributed by atoms with van der Waals surface area (Å²) >= 11 is 0. The normalized spacial score (nSPS) is 35.0. The molecule has 0 fully saturated rings. The van der Waals surface area contributed by atoms with Crippen molar-refractivity contribution in [2.75, 3.05) is 0 Å². The molecule has 0 unspecified atom stereocenters. The van der Waals surface area contributed by atoms with E-state index in [0.29, 0.717) is 0 Å². The number of fused-ring (bicyclic) bond motifs is 1. The van der Waals surface area contributed by atoms with Crippen molar-refractivity contribution in [2.24, 2.45) is 16.1 Å². The van der Waals surface area contributed by atoms with Crippen LogP contribution in [0.4, 0.5) is 0 Å². The summed E-state index contributed by atoms with van der Waals surface area (Å²) in [6.07, 6.45) is 5.77. The molecule has 1 aliphatic heterocycles. The fourth-order valence-electron chi connectivity index (χ4n) is 1.11. The summed E-state index contributed by atoms with van der Waals surface area (Å²) in [4.78, 5) is 0. The third-order valence-electron chi connectivity index (χ3n) is 1.68. The van der Waals surface area contributed by atoms with Gasteiger partial charge in [-0.15, -0.1) is 0 Å². The number of rotatable bonds is 0. The third-order valence-corrected chi connectivity index (χ3v) is 1.68. The summed E-state index contributed by atoms with van der Waals surface area (Å²) < 4.78 is 0. The summed E-state index contributed by atoms with van der Waals surface area (Å²) in [6, 6.07) is 0.218. The van der Waals surface area contributed by atoms with Crippen LogP contribution < -0.4 is 11.2 Å². The van der Waals surface area contributed by atoms with Gasteiger partial charge in [0.2, 0.25) is 0 Å². The minimum atomic E-state index is 0.0324. The van der Waals surface area contributed by atoms with Crippen molar-refractivity contribution in [3.8, 4) is 0 Å². The maximum absolute atomic E-state index is 5.64. The van der Waals surface area contributed by atoms with Gasteiger partial charge in [-0.1, -0.05) is 17.4 Å². The molecule has 4 heteroatoms. The van der Waals surface area contributed by atoms with Crippen LogP contribution in [-0.4, -0.2) is 12.1 Å². The second-order valence-corrected chi connectivity index (χ2v) is 2.37. The first-order valence-electron chi connectivity index (χ1n) is 3.17. The minimum absolute atomic E-state index is 0.0324. The maximum Gasteiger partial charge on any atom is 0.137 e. The van der Waals surface area contributed by atoms with Crippen molar-refractivity contribution in [2.45, 2.75) is 12.1 Å². The number of nitrogens with one attached hydrogen (secondary N) is 1. The highest BCUT2D eigenvalue weighted by Crippen LogP contribution is 2.17. The number of nitrogens with zero attached hydrogens (tertiary/aromatic N) is 2. The molecular formula is C6H8N4. The Balaban J connectivity index is 2.30. The molecule has 10 heavy (non-hydrogen) atoms. The lowest BCUT2D eigenvalue weighted by atomic mass is 10.0. The van der Waals surface area contributed by atoms with Crippen LogP contribution in [0.25, 0.3) is 0 Å². The van der Waals surface area contributed by atoms with Crippen molar-refractivity contribution in [3.05, 3.63) is 23.9 Å². The Kier molecular flexibility index (Phi) is 1.00. The lowest BCUT2D eigenvalue weighted by Gasteiger charge is -2.15. The second kappa shape index (κ2) is 1.83. The summed E-state index contributed by atoms with van der Waals surface area (Å²) in [5.74, 6) is 0. The molecule has 0 aromatic rings. The van der Waals surface area contributed by atoms with E-state index >= 15 is 0 Å². The summed E-state index contributed by atoms with van der Waals surface area (Å²) in [5, 5.41) is 7.59. The first kappa shape index (κ1) is 5.46. The van der Waals surface area contributed by atoms with Crippen molar-refractivity contribution < 1.29 is 0 Å². The quantitative estimate of drug-likeness (QED) is 0.496. The third kappa shape index (κ3) is 0.618. The van der Waals surface area contributed by atoms with E-state index in [1.54, 1.807) is 0 Å². The molecular weight excluding hydrogens is 128 g/mol. The van der Waals surface area contributed by atoms with Gasteiger partial charge in [0.1, 0.15) is 6.04 Å². The Bertz CT molecular complexity index is 228. The van der Waals surface area contributed by atoms with Gasteiger partial charge in [-0.25, -0.2) is 0 Å². The van der Waals surface area contributed by atoms with E-state index in [4.69, 9.17) is 5.73 Å². The Morgan fingerprint density at radius 1 is 1.60 bits per heavy atom. The molecule has 0 saturated carbocycles. The predicted octanol–water partition coefficient (Wildman–Crippen LogP) is 0.106. The highest BCUT2D eigenvalue weighted by molar-refractivity contribution is 5.27.